The predicted molar refractivity (Wildman–Crippen MR) is 74.9 cm³/mol. The lowest BCUT2D eigenvalue weighted by atomic mass is 9.97. The molecule has 4 nitrogen and oxygen atoms in total. The fraction of sp³-hybridized carbons (Fsp3) is 0.643. The molecule has 1 N–H and O–H groups in total. The first kappa shape index (κ1) is 16.9. The Balaban J connectivity index is 4.42. The molecule has 0 aliphatic heterocycles. The van der Waals surface area contributed by atoms with Crippen molar-refractivity contribution in [3.05, 3.63) is 24.3 Å². The highest BCUT2D eigenvalue weighted by Crippen LogP contribution is 2.14. The molecule has 0 aromatic carbocycles. The second kappa shape index (κ2) is 8.89. The van der Waals surface area contributed by atoms with E-state index in [1.165, 1.54) is 0 Å². The Labute approximate surface area is 110 Å². The van der Waals surface area contributed by atoms with E-state index >= 15 is 0 Å². The molecule has 3 unspecified atom stereocenters. The minimum Gasteiger partial charge on any atom is -0.477 e. The van der Waals surface area contributed by atoms with Gasteiger partial charge in [-0.2, -0.15) is 0 Å². The Morgan fingerprint density at radius 2 is 2.06 bits per heavy atom. The molecule has 0 aromatic heterocycles. The van der Waals surface area contributed by atoms with Crippen molar-refractivity contribution in [3.63, 3.8) is 0 Å². The van der Waals surface area contributed by atoms with Crippen molar-refractivity contribution >= 4 is 5.90 Å². The standard InChI is InChI=1S/C14H25NO3/c1-7-13(17-6)14(16)11(3)8-10(2)9-18-12(4)15-5/h7-8,11,13-14,16H,1,9H2,2-6H3. The van der Waals surface area contributed by atoms with Crippen LogP contribution in [0.5, 0.6) is 0 Å². The van der Waals surface area contributed by atoms with Gasteiger partial charge in [0.05, 0.1) is 6.10 Å². The number of aliphatic imine (C=N–C) groups is 1. The third-order valence-corrected chi connectivity index (χ3v) is 2.75. The first-order chi connectivity index (χ1) is 8.46. The number of rotatable bonds is 7. The smallest absolute Gasteiger partial charge is 0.180 e. The van der Waals surface area contributed by atoms with Crippen molar-refractivity contribution in [2.24, 2.45) is 10.9 Å². The maximum absolute atomic E-state index is 10.0. The molecule has 0 fully saturated rings. The largest absolute Gasteiger partial charge is 0.477 e. The summed E-state index contributed by atoms with van der Waals surface area (Å²) in [6.07, 6.45) is 2.62. The lowest BCUT2D eigenvalue weighted by Crippen LogP contribution is -2.31. The number of aliphatic hydroxyl groups is 1. The second-order valence-electron chi connectivity index (χ2n) is 4.33. The molecule has 0 aliphatic carbocycles. The number of aliphatic hydroxyl groups excluding tert-OH is 1. The zero-order chi connectivity index (χ0) is 14.1. The van der Waals surface area contributed by atoms with Crippen LogP contribution in [-0.2, 0) is 9.47 Å². The first-order valence-corrected chi connectivity index (χ1v) is 6.03. The van der Waals surface area contributed by atoms with Crippen LogP contribution in [0, 0.1) is 5.92 Å². The molecule has 0 spiro atoms. The van der Waals surface area contributed by atoms with Crippen LogP contribution in [0.4, 0.5) is 0 Å². The van der Waals surface area contributed by atoms with Gasteiger partial charge in [-0.25, -0.2) is 0 Å². The Hall–Kier alpha value is -1.13. The molecule has 18 heavy (non-hydrogen) atoms. The van der Waals surface area contributed by atoms with Crippen LogP contribution < -0.4 is 0 Å². The summed E-state index contributed by atoms with van der Waals surface area (Å²) in [6.45, 7) is 9.82. The number of ether oxygens (including phenoxy) is 2. The van der Waals surface area contributed by atoms with Crippen LogP contribution in [0.3, 0.4) is 0 Å². The van der Waals surface area contributed by atoms with Crippen molar-refractivity contribution in [1.29, 1.82) is 0 Å². The summed E-state index contributed by atoms with van der Waals surface area (Å²) in [5, 5.41) is 10.0. The normalized spacial score (nSPS) is 18.1. The highest BCUT2D eigenvalue weighted by atomic mass is 16.5. The van der Waals surface area contributed by atoms with Gasteiger partial charge in [0.1, 0.15) is 12.7 Å². The number of nitrogens with zero attached hydrogens (tertiary/aromatic N) is 1. The van der Waals surface area contributed by atoms with Crippen molar-refractivity contribution in [2.45, 2.75) is 33.0 Å². The van der Waals surface area contributed by atoms with Crippen LogP contribution in [0.25, 0.3) is 0 Å². The van der Waals surface area contributed by atoms with E-state index in [1.807, 2.05) is 26.8 Å². The molecule has 0 rings (SSSR count). The summed E-state index contributed by atoms with van der Waals surface area (Å²) in [7, 11) is 3.25. The highest BCUT2D eigenvalue weighted by Gasteiger charge is 2.20. The molecule has 0 amide bonds. The van der Waals surface area contributed by atoms with Crippen LogP contribution in [-0.4, -0.2) is 44.0 Å². The first-order valence-electron chi connectivity index (χ1n) is 6.03. The summed E-state index contributed by atoms with van der Waals surface area (Å²) in [5.74, 6) is 0.618. The van der Waals surface area contributed by atoms with Gasteiger partial charge >= 0.3 is 0 Å². The summed E-state index contributed by atoms with van der Waals surface area (Å²) in [5.41, 5.74) is 1.04. The molecule has 0 heterocycles. The number of hydrogen-bond donors (Lipinski definition) is 1. The van der Waals surface area contributed by atoms with Gasteiger partial charge in [-0.3, -0.25) is 4.99 Å². The van der Waals surface area contributed by atoms with Gasteiger partial charge in [0.25, 0.3) is 0 Å². The summed E-state index contributed by atoms with van der Waals surface area (Å²) in [4.78, 5) is 3.91. The summed E-state index contributed by atoms with van der Waals surface area (Å²) in [6, 6.07) is 0. The molecule has 4 heteroatoms. The fourth-order valence-electron chi connectivity index (χ4n) is 1.55. The predicted octanol–water partition coefficient (Wildman–Crippen LogP) is 2.20. The van der Waals surface area contributed by atoms with Crippen molar-refractivity contribution in [3.8, 4) is 0 Å². The molecule has 0 aliphatic rings. The topological polar surface area (TPSA) is 51.0 Å². The van der Waals surface area contributed by atoms with E-state index < -0.39 is 6.10 Å². The van der Waals surface area contributed by atoms with Crippen molar-refractivity contribution in [1.82, 2.24) is 0 Å². The van der Waals surface area contributed by atoms with E-state index in [1.54, 1.807) is 20.2 Å². The van der Waals surface area contributed by atoms with Gasteiger partial charge in [0, 0.05) is 27.0 Å². The number of hydrogen-bond acceptors (Lipinski definition) is 4. The van der Waals surface area contributed by atoms with Gasteiger partial charge in [0.15, 0.2) is 5.90 Å². The molecule has 0 saturated carbocycles. The van der Waals surface area contributed by atoms with Crippen LogP contribution >= 0.6 is 0 Å². The van der Waals surface area contributed by atoms with E-state index in [2.05, 4.69) is 11.6 Å². The monoisotopic (exact) mass is 255 g/mol. The third-order valence-electron chi connectivity index (χ3n) is 2.75. The van der Waals surface area contributed by atoms with E-state index in [0.717, 1.165) is 5.57 Å². The molecule has 3 atom stereocenters. The van der Waals surface area contributed by atoms with Gasteiger partial charge in [-0.15, -0.1) is 6.58 Å². The van der Waals surface area contributed by atoms with Crippen LogP contribution in [0.2, 0.25) is 0 Å². The molecule has 0 bridgehead atoms. The summed E-state index contributed by atoms with van der Waals surface area (Å²) >= 11 is 0. The fourth-order valence-corrected chi connectivity index (χ4v) is 1.55. The number of methoxy groups -OCH3 is 1. The van der Waals surface area contributed by atoms with Gasteiger partial charge < -0.3 is 14.6 Å². The molecule has 0 aromatic rings. The minimum atomic E-state index is -0.608. The zero-order valence-corrected chi connectivity index (χ0v) is 12.0. The lowest BCUT2D eigenvalue weighted by molar-refractivity contribution is -0.00160. The second-order valence-corrected chi connectivity index (χ2v) is 4.33. The quantitative estimate of drug-likeness (QED) is 0.431. The molecule has 0 radical (unpaired) electrons. The van der Waals surface area contributed by atoms with Gasteiger partial charge in [0.2, 0.25) is 0 Å². The van der Waals surface area contributed by atoms with Crippen LogP contribution in [0.15, 0.2) is 29.3 Å². The zero-order valence-electron chi connectivity index (χ0n) is 12.0. The molecular weight excluding hydrogens is 230 g/mol. The van der Waals surface area contributed by atoms with Crippen LogP contribution in [0.1, 0.15) is 20.8 Å². The Bertz CT molecular complexity index is 310. The Kier molecular flexibility index (Phi) is 8.33. The SMILES string of the molecule is C=CC(OC)C(O)C(C)C=C(C)COC(C)=NC. The van der Waals surface area contributed by atoms with E-state index in [9.17, 15) is 5.11 Å². The minimum absolute atomic E-state index is 0.0320. The Morgan fingerprint density at radius 3 is 2.50 bits per heavy atom. The van der Waals surface area contributed by atoms with E-state index in [4.69, 9.17) is 9.47 Å². The van der Waals surface area contributed by atoms with Crippen molar-refractivity contribution in [2.75, 3.05) is 20.8 Å². The molecule has 104 valence electrons. The summed E-state index contributed by atoms with van der Waals surface area (Å²) < 4.78 is 10.5. The van der Waals surface area contributed by atoms with Gasteiger partial charge in [-0.1, -0.05) is 19.1 Å². The lowest BCUT2D eigenvalue weighted by Gasteiger charge is -2.22. The average molecular weight is 255 g/mol. The Morgan fingerprint density at radius 1 is 1.44 bits per heavy atom. The van der Waals surface area contributed by atoms with E-state index in [-0.39, 0.29) is 12.0 Å². The maximum Gasteiger partial charge on any atom is 0.180 e. The highest BCUT2D eigenvalue weighted by molar-refractivity contribution is 5.72. The third kappa shape index (κ3) is 5.98. The molecular formula is C14H25NO3. The molecule has 0 saturated heterocycles. The van der Waals surface area contributed by atoms with Crippen molar-refractivity contribution < 1.29 is 14.6 Å². The average Bonchev–Trinajstić information content (AvgIpc) is 2.36. The van der Waals surface area contributed by atoms with Gasteiger partial charge in [-0.05, 0) is 12.5 Å². The maximum atomic E-state index is 10.0. The van der Waals surface area contributed by atoms with E-state index in [0.29, 0.717) is 12.5 Å².